The summed E-state index contributed by atoms with van der Waals surface area (Å²) in [7, 11) is 0. The third kappa shape index (κ3) is 2.79. The topological polar surface area (TPSA) is 65.0 Å². The van der Waals surface area contributed by atoms with Crippen LogP contribution in [0.15, 0.2) is 42.0 Å². The molecule has 0 aromatic heterocycles. The van der Waals surface area contributed by atoms with Gasteiger partial charge in [0, 0.05) is 0 Å². The normalized spacial score (nSPS) is 33.0. The Balaban J connectivity index is 1.78. The van der Waals surface area contributed by atoms with Gasteiger partial charge in [-0.05, 0) is 38.5 Å². The van der Waals surface area contributed by atoms with Crippen LogP contribution < -0.4 is 0 Å². The van der Waals surface area contributed by atoms with Crippen molar-refractivity contribution < 1.29 is 24.1 Å². The minimum Gasteiger partial charge on any atom is -0.451 e. The lowest BCUT2D eigenvalue weighted by atomic mass is 9.90. The van der Waals surface area contributed by atoms with Crippen molar-refractivity contribution in [1.29, 1.82) is 0 Å². The average Bonchev–Trinajstić information content (AvgIpc) is 2.79. The first-order valence-corrected chi connectivity index (χ1v) is 7.35. The van der Waals surface area contributed by atoms with Crippen LogP contribution in [0.25, 0.3) is 0 Å². The molecule has 0 bridgehead atoms. The fraction of sp³-hybridized carbons (Fsp3) is 0.471. The van der Waals surface area contributed by atoms with Crippen molar-refractivity contribution in [2.45, 2.75) is 51.0 Å². The van der Waals surface area contributed by atoms with Gasteiger partial charge in [0.25, 0.3) is 0 Å². The Morgan fingerprint density at radius 1 is 1.23 bits per heavy atom. The van der Waals surface area contributed by atoms with Gasteiger partial charge in [0.2, 0.25) is 0 Å². The number of hydrogen-bond donors (Lipinski definition) is 1. The van der Waals surface area contributed by atoms with Crippen LogP contribution in [0.1, 0.15) is 31.1 Å². The highest BCUT2D eigenvalue weighted by molar-refractivity contribution is 5.89. The lowest BCUT2D eigenvalue weighted by Crippen LogP contribution is -2.48. The van der Waals surface area contributed by atoms with E-state index in [1.54, 1.807) is 38.1 Å². The number of carbonyl (C=O) groups is 1. The van der Waals surface area contributed by atoms with Crippen molar-refractivity contribution in [2.24, 2.45) is 0 Å². The zero-order valence-electron chi connectivity index (χ0n) is 12.9. The third-order valence-corrected chi connectivity index (χ3v) is 3.93. The summed E-state index contributed by atoms with van der Waals surface area (Å²) in [5.41, 5.74) is 1.22. The Hall–Kier alpha value is -1.69. The van der Waals surface area contributed by atoms with Crippen molar-refractivity contribution in [2.75, 3.05) is 0 Å². The number of esters is 1. The summed E-state index contributed by atoms with van der Waals surface area (Å²) in [4.78, 5) is 12.2. The first-order valence-electron chi connectivity index (χ1n) is 7.35. The molecule has 0 spiro atoms. The lowest BCUT2D eigenvalue weighted by Gasteiger charge is -2.33. The van der Waals surface area contributed by atoms with E-state index in [1.165, 1.54) is 0 Å². The smallest absolute Gasteiger partial charge is 0.338 e. The molecule has 118 valence electrons. The number of fused-ring (bicyclic) bond motifs is 1. The monoisotopic (exact) mass is 304 g/mol. The SMILES string of the molecule is CC1=C[C@H]2OC(C)(C)O[C@H]2[C@@H](O)[C@H]1OC(=O)c1ccccc1. The molecule has 5 heteroatoms. The van der Waals surface area contributed by atoms with Gasteiger partial charge in [0.1, 0.15) is 18.3 Å². The molecule has 4 atom stereocenters. The number of aliphatic hydroxyl groups is 1. The second-order valence-electron chi connectivity index (χ2n) is 6.16. The van der Waals surface area contributed by atoms with Crippen LogP contribution in [0.3, 0.4) is 0 Å². The number of aliphatic hydroxyl groups excluding tert-OH is 1. The molecule has 2 aliphatic rings. The summed E-state index contributed by atoms with van der Waals surface area (Å²) in [6.45, 7) is 5.41. The molecule has 0 unspecified atom stereocenters. The minimum absolute atomic E-state index is 0.323. The second-order valence-corrected chi connectivity index (χ2v) is 6.16. The summed E-state index contributed by atoms with van der Waals surface area (Å²) in [5, 5.41) is 10.5. The van der Waals surface area contributed by atoms with Crippen molar-refractivity contribution in [1.82, 2.24) is 0 Å². The molecule has 1 aliphatic heterocycles. The van der Waals surface area contributed by atoms with Gasteiger partial charge in [-0.1, -0.05) is 24.3 Å². The van der Waals surface area contributed by atoms with Gasteiger partial charge in [-0.2, -0.15) is 0 Å². The van der Waals surface area contributed by atoms with Crippen LogP contribution in [0.2, 0.25) is 0 Å². The molecule has 1 aromatic carbocycles. The Morgan fingerprint density at radius 3 is 2.59 bits per heavy atom. The van der Waals surface area contributed by atoms with Gasteiger partial charge in [-0.15, -0.1) is 0 Å². The van der Waals surface area contributed by atoms with Gasteiger partial charge in [0.05, 0.1) is 5.56 Å². The highest BCUT2D eigenvalue weighted by atomic mass is 16.8. The molecule has 1 heterocycles. The fourth-order valence-corrected chi connectivity index (χ4v) is 2.93. The van der Waals surface area contributed by atoms with Gasteiger partial charge in [0.15, 0.2) is 11.9 Å². The van der Waals surface area contributed by atoms with Crippen molar-refractivity contribution in [3.8, 4) is 0 Å². The summed E-state index contributed by atoms with van der Waals surface area (Å²) in [5.74, 6) is -1.22. The number of rotatable bonds is 2. The standard InChI is InChI=1S/C17H20O5/c1-10-9-12-15(22-17(2,3)21-12)13(18)14(10)20-16(19)11-7-5-4-6-8-11/h4-9,12-15,18H,1-3H3/t12-,13+,14+,15-/m1/s1. The summed E-state index contributed by atoms with van der Waals surface area (Å²) in [6, 6.07) is 8.72. The van der Waals surface area contributed by atoms with E-state index in [9.17, 15) is 9.90 Å². The van der Waals surface area contributed by atoms with Crippen LogP contribution in [-0.4, -0.2) is 41.3 Å². The van der Waals surface area contributed by atoms with Crippen LogP contribution in [0, 0.1) is 0 Å². The Labute approximate surface area is 129 Å². The van der Waals surface area contributed by atoms with Crippen LogP contribution >= 0.6 is 0 Å². The molecular weight excluding hydrogens is 284 g/mol. The molecule has 0 amide bonds. The van der Waals surface area contributed by atoms with E-state index in [2.05, 4.69) is 0 Å². The zero-order valence-corrected chi connectivity index (χ0v) is 12.9. The molecule has 3 rings (SSSR count). The fourth-order valence-electron chi connectivity index (χ4n) is 2.93. The molecule has 1 aliphatic carbocycles. The van der Waals surface area contributed by atoms with E-state index in [0.717, 1.165) is 5.57 Å². The quantitative estimate of drug-likeness (QED) is 0.669. The van der Waals surface area contributed by atoms with Crippen LogP contribution in [-0.2, 0) is 14.2 Å². The highest BCUT2D eigenvalue weighted by Crippen LogP contribution is 2.37. The van der Waals surface area contributed by atoms with Gasteiger partial charge in [-0.3, -0.25) is 0 Å². The van der Waals surface area contributed by atoms with Gasteiger partial charge < -0.3 is 19.3 Å². The molecular formula is C17H20O5. The Kier molecular flexibility index (Phi) is 3.80. The largest absolute Gasteiger partial charge is 0.451 e. The van der Waals surface area contributed by atoms with Crippen molar-refractivity contribution in [3.63, 3.8) is 0 Å². The summed E-state index contributed by atoms with van der Waals surface area (Å²) >= 11 is 0. The molecule has 1 aromatic rings. The maximum atomic E-state index is 12.2. The molecule has 0 radical (unpaired) electrons. The van der Waals surface area contributed by atoms with E-state index >= 15 is 0 Å². The molecule has 1 fully saturated rings. The Morgan fingerprint density at radius 2 is 1.91 bits per heavy atom. The number of ether oxygens (including phenoxy) is 3. The average molecular weight is 304 g/mol. The van der Waals surface area contributed by atoms with Crippen molar-refractivity contribution >= 4 is 5.97 Å². The summed E-state index contributed by atoms with van der Waals surface area (Å²) < 4.78 is 16.9. The van der Waals surface area contributed by atoms with E-state index in [-0.39, 0.29) is 6.10 Å². The maximum Gasteiger partial charge on any atom is 0.338 e. The predicted molar refractivity (Wildman–Crippen MR) is 79.2 cm³/mol. The van der Waals surface area contributed by atoms with E-state index in [1.807, 2.05) is 19.1 Å². The predicted octanol–water partition coefficient (Wildman–Crippen LogP) is 2.05. The van der Waals surface area contributed by atoms with E-state index < -0.39 is 30.1 Å². The molecule has 1 N–H and O–H groups in total. The van der Waals surface area contributed by atoms with Crippen LogP contribution in [0.4, 0.5) is 0 Å². The molecule has 5 nitrogen and oxygen atoms in total. The first-order chi connectivity index (χ1) is 10.4. The second kappa shape index (κ2) is 5.50. The first kappa shape index (κ1) is 15.2. The number of carbonyl (C=O) groups excluding carboxylic acids is 1. The van der Waals surface area contributed by atoms with E-state index in [4.69, 9.17) is 14.2 Å². The zero-order chi connectivity index (χ0) is 15.9. The van der Waals surface area contributed by atoms with Gasteiger partial charge >= 0.3 is 5.97 Å². The highest BCUT2D eigenvalue weighted by Gasteiger charge is 2.50. The Bertz CT molecular complexity index is 592. The minimum atomic E-state index is -0.954. The van der Waals surface area contributed by atoms with Crippen LogP contribution in [0.5, 0.6) is 0 Å². The molecule has 22 heavy (non-hydrogen) atoms. The van der Waals surface area contributed by atoms with Gasteiger partial charge in [-0.25, -0.2) is 4.79 Å². The number of hydrogen-bond acceptors (Lipinski definition) is 5. The third-order valence-electron chi connectivity index (χ3n) is 3.93. The molecule has 0 saturated carbocycles. The van der Waals surface area contributed by atoms with E-state index in [0.29, 0.717) is 5.56 Å². The summed E-state index contributed by atoms with van der Waals surface area (Å²) in [6.07, 6.45) is -0.686. The van der Waals surface area contributed by atoms with Crippen molar-refractivity contribution in [3.05, 3.63) is 47.5 Å². The number of benzene rings is 1. The maximum absolute atomic E-state index is 12.2. The lowest BCUT2D eigenvalue weighted by molar-refractivity contribution is -0.158. The molecule has 1 saturated heterocycles.